The van der Waals surface area contributed by atoms with Gasteiger partial charge in [0.25, 0.3) is 5.56 Å². The first kappa shape index (κ1) is 16.2. The Balaban J connectivity index is 2.01. The minimum absolute atomic E-state index is 0.201. The van der Waals surface area contributed by atoms with Gasteiger partial charge in [-0.3, -0.25) is 14.2 Å². The number of nitrogens with two attached hydrogens (primary N) is 1. The second-order valence-corrected chi connectivity index (χ2v) is 6.03. The molecule has 9 heteroatoms. The van der Waals surface area contributed by atoms with Crippen molar-refractivity contribution in [2.75, 3.05) is 0 Å². The van der Waals surface area contributed by atoms with Crippen molar-refractivity contribution in [3.8, 4) is 0 Å². The molecule has 2 heterocycles. The van der Waals surface area contributed by atoms with Crippen LogP contribution in [0.4, 0.5) is 0 Å². The molecule has 24 heavy (non-hydrogen) atoms. The Morgan fingerprint density at radius 2 is 2.12 bits per heavy atom. The summed E-state index contributed by atoms with van der Waals surface area (Å²) in [6, 6.07) is 7.04. The van der Waals surface area contributed by atoms with E-state index in [2.05, 4.69) is 15.2 Å². The Bertz CT molecular complexity index is 949. The summed E-state index contributed by atoms with van der Waals surface area (Å²) in [6.07, 6.45) is 1.65. The van der Waals surface area contributed by atoms with Crippen molar-refractivity contribution in [3.63, 3.8) is 0 Å². The lowest BCUT2D eigenvalue weighted by atomic mass is 10.2. The number of primary amides is 1. The highest BCUT2D eigenvalue weighted by atomic mass is 32.2. The zero-order chi connectivity index (χ0) is 17.1. The van der Waals surface area contributed by atoms with Crippen LogP contribution >= 0.6 is 11.8 Å². The fourth-order valence-electron chi connectivity index (χ4n) is 2.35. The second kappa shape index (κ2) is 6.83. The number of amides is 1. The average Bonchev–Trinajstić information content (AvgIpc) is 3.03. The minimum Gasteiger partial charge on any atom is -0.368 e. The molecule has 1 amide bonds. The lowest BCUT2D eigenvalue weighted by molar-refractivity contribution is -0.118. The molecule has 0 radical (unpaired) electrons. The number of para-hydroxylation sites is 1. The number of hydrogen-bond donors (Lipinski definition) is 1. The standard InChI is InChI=1S/C15H16N6O2S/c1-2-20-9-17-19-15(20)24-8-13-18-11-6-4-3-5-10(11)14(23)21(13)7-12(16)22/h3-6,9H,2,7-8H2,1H3,(H2,16,22). The van der Waals surface area contributed by atoms with Gasteiger partial charge in [0.1, 0.15) is 18.7 Å². The van der Waals surface area contributed by atoms with E-state index in [-0.39, 0.29) is 12.1 Å². The molecule has 124 valence electrons. The van der Waals surface area contributed by atoms with Gasteiger partial charge >= 0.3 is 0 Å². The van der Waals surface area contributed by atoms with Gasteiger partial charge in [-0.05, 0) is 19.1 Å². The number of carbonyl (C=O) groups is 1. The van der Waals surface area contributed by atoms with Gasteiger partial charge in [-0.15, -0.1) is 10.2 Å². The quantitative estimate of drug-likeness (QED) is 0.662. The van der Waals surface area contributed by atoms with Crippen molar-refractivity contribution in [1.82, 2.24) is 24.3 Å². The van der Waals surface area contributed by atoms with Gasteiger partial charge in [0, 0.05) is 6.54 Å². The maximum absolute atomic E-state index is 12.6. The number of benzene rings is 1. The first-order valence-corrected chi connectivity index (χ1v) is 8.36. The van der Waals surface area contributed by atoms with Gasteiger partial charge in [-0.1, -0.05) is 23.9 Å². The van der Waals surface area contributed by atoms with E-state index in [9.17, 15) is 9.59 Å². The first-order valence-electron chi connectivity index (χ1n) is 7.37. The lowest BCUT2D eigenvalue weighted by Gasteiger charge is -2.12. The number of hydrogen-bond acceptors (Lipinski definition) is 6. The molecule has 0 aliphatic heterocycles. The molecule has 0 atom stereocenters. The van der Waals surface area contributed by atoms with Crippen molar-refractivity contribution >= 4 is 28.6 Å². The van der Waals surface area contributed by atoms with Gasteiger partial charge < -0.3 is 10.3 Å². The molecule has 3 rings (SSSR count). The topological polar surface area (TPSA) is 109 Å². The molecule has 3 aromatic rings. The fraction of sp³-hybridized carbons (Fsp3) is 0.267. The zero-order valence-corrected chi connectivity index (χ0v) is 13.9. The second-order valence-electron chi connectivity index (χ2n) is 5.09. The van der Waals surface area contributed by atoms with E-state index in [0.717, 1.165) is 11.7 Å². The summed E-state index contributed by atoms with van der Waals surface area (Å²) in [4.78, 5) is 28.5. The number of aryl methyl sites for hydroxylation is 1. The predicted molar refractivity (Wildman–Crippen MR) is 90.5 cm³/mol. The van der Waals surface area contributed by atoms with E-state index >= 15 is 0 Å². The summed E-state index contributed by atoms with van der Waals surface area (Å²) < 4.78 is 3.21. The van der Waals surface area contributed by atoms with Crippen molar-refractivity contribution in [3.05, 3.63) is 46.8 Å². The van der Waals surface area contributed by atoms with Crippen LogP contribution < -0.4 is 11.3 Å². The van der Waals surface area contributed by atoms with Crippen LogP contribution in [0, 0.1) is 0 Å². The molecule has 0 bridgehead atoms. The molecule has 0 unspecified atom stereocenters. The number of aromatic nitrogens is 5. The molecule has 0 fully saturated rings. The third kappa shape index (κ3) is 3.16. The molecule has 1 aromatic carbocycles. The highest BCUT2D eigenvalue weighted by molar-refractivity contribution is 7.98. The Morgan fingerprint density at radius 3 is 2.88 bits per heavy atom. The minimum atomic E-state index is -0.586. The Labute approximate surface area is 141 Å². The molecular formula is C15H16N6O2S. The van der Waals surface area contributed by atoms with E-state index < -0.39 is 5.91 Å². The number of fused-ring (bicyclic) bond motifs is 1. The highest BCUT2D eigenvalue weighted by Crippen LogP contribution is 2.20. The summed E-state index contributed by atoms with van der Waals surface area (Å²) in [5.41, 5.74) is 5.60. The highest BCUT2D eigenvalue weighted by Gasteiger charge is 2.14. The van der Waals surface area contributed by atoms with Crippen LogP contribution in [-0.2, 0) is 23.6 Å². The van der Waals surface area contributed by atoms with Crippen LogP contribution in [0.15, 0.2) is 40.5 Å². The summed E-state index contributed by atoms with van der Waals surface area (Å²) in [5.74, 6) is 0.275. The fourth-order valence-corrected chi connectivity index (χ4v) is 3.27. The predicted octanol–water partition coefficient (Wildman–Crippen LogP) is 0.785. The van der Waals surface area contributed by atoms with Crippen LogP contribution in [0.1, 0.15) is 12.7 Å². The molecule has 2 N–H and O–H groups in total. The molecule has 0 saturated carbocycles. The van der Waals surface area contributed by atoms with Crippen molar-refractivity contribution < 1.29 is 4.79 Å². The van der Waals surface area contributed by atoms with Gasteiger partial charge in [0.2, 0.25) is 5.91 Å². The molecule has 0 saturated heterocycles. The number of thioether (sulfide) groups is 1. The van der Waals surface area contributed by atoms with Gasteiger partial charge in [0.05, 0.1) is 16.7 Å². The Morgan fingerprint density at radius 1 is 1.33 bits per heavy atom. The van der Waals surface area contributed by atoms with Crippen LogP contribution in [0.25, 0.3) is 10.9 Å². The maximum atomic E-state index is 12.6. The lowest BCUT2D eigenvalue weighted by Crippen LogP contribution is -2.31. The summed E-state index contributed by atoms with van der Waals surface area (Å²) in [5, 5.41) is 9.11. The molecule has 8 nitrogen and oxygen atoms in total. The van der Waals surface area contributed by atoms with Crippen LogP contribution in [0.5, 0.6) is 0 Å². The SMILES string of the molecule is CCn1cnnc1SCc1nc2ccccc2c(=O)n1CC(N)=O. The maximum Gasteiger partial charge on any atom is 0.261 e. The molecular weight excluding hydrogens is 328 g/mol. The Hall–Kier alpha value is -2.68. The third-order valence-electron chi connectivity index (χ3n) is 3.51. The summed E-state index contributed by atoms with van der Waals surface area (Å²) in [7, 11) is 0. The number of carbonyl (C=O) groups excluding carboxylic acids is 1. The smallest absolute Gasteiger partial charge is 0.261 e. The third-order valence-corrected chi connectivity index (χ3v) is 4.48. The normalized spacial score (nSPS) is 11.0. The summed E-state index contributed by atoms with van der Waals surface area (Å²) >= 11 is 1.40. The van der Waals surface area contributed by atoms with E-state index in [0.29, 0.717) is 22.5 Å². The Kier molecular flexibility index (Phi) is 4.61. The molecule has 0 aliphatic carbocycles. The van der Waals surface area contributed by atoms with Gasteiger partial charge in [0.15, 0.2) is 5.16 Å². The average molecular weight is 344 g/mol. The zero-order valence-electron chi connectivity index (χ0n) is 13.0. The molecule has 2 aromatic heterocycles. The van der Waals surface area contributed by atoms with Gasteiger partial charge in [-0.2, -0.15) is 0 Å². The van der Waals surface area contributed by atoms with E-state index in [1.165, 1.54) is 16.3 Å². The number of rotatable bonds is 6. The summed E-state index contributed by atoms with van der Waals surface area (Å²) in [6.45, 7) is 2.53. The number of nitrogens with zero attached hydrogens (tertiary/aromatic N) is 5. The first-order chi connectivity index (χ1) is 11.6. The monoisotopic (exact) mass is 344 g/mol. The van der Waals surface area contributed by atoms with Crippen LogP contribution in [0.2, 0.25) is 0 Å². The van der Waals surface area contributed by atoms with E-state index in [1.54, 1.807) is 24.5 Å². The van der Waals surface area contributed by atoms with Crippen LogP contribution in [0.3, 0.4) is 0 Å². The van der Waals surface area contributed by atoms with Crippen molar-refractivity contribution in [2.45, 2.75) is 30.9 Å². The van der Waals surface area contributed by atoms with E-state index in [4.69, 9.17) is 5.73 Å². The van der Waals surface area contributed by atoms with Gasteiger partial charge in [-0.25, -0.2) is 4.98 Å². The molecule has 0 aliphatic rings. The molecule has 0 spiro atoms. The largest absolute Gasteiger partial charge is 0.368 e. The van der Waals surface area contributed by atoms with Crippen LogP contribution in [-0.4, -0.2) is 30.2 Å². The van der Waals surface area contributed by atoms with E-state index in [1.807, 2.05) is 17.6 Å². The van der Waals surface area contributed by atoms with Crippen molar-refractivity contribution in [2.24, 2.45) is 5.73 Å². The van der Waals surface area contributed by atoms with Crippen molar-refractivity contribution in [1.29, 1.82) is 0 Å².